The van der Waals surface area contributed by atoms with Crippen LogP contribution in [0.25, 0.3) is 0 Å². The molecule has 0 bridgehead atoms. The van der Waals surface area contributed by atoms with E-state index in [9.17, 15) is 0 Å². The molecule has 0 aromatic rings. The van der Waals surface area contributed by atoms with Gasteiger partial charge in [0.25, 0.3) is 0 Å². The maximum Gasteiger partial charge on any atom is 0.324 e. The minimum atomic E-state index is -2.62. The molecular formula is C12H35O7PTi. The summed E-state index contributed by atoms with van der Waals surface area (Å²) in [5.74, 6) is 0. The molecule has 0 aliphatic heterocycles. The van der Waals surface area contributed by atoms with Crippen LogP contribution in [0.5, 0.6) is 0 Å². The minimum Gasteiger partial charge on any atom is -0.394 e. The smallest absolute Gasteiger partial charge is 0.324 e. The molecule has 0 aromatic heterocycles. The Labute approximate surface area is 145 Å². The molecule has 0 saturated carbocycles. The van der Waals surface area contributed by atoms with E-state index in [0.717, 1.165) is 0 Å². The van der Waals surface area contributed by atoms with Crippen molar-refractivity contribution in [3.05, 3.63) is 0 Å². The Kier molecular flexibility index (Phi) is 58.9. The maximum absolute atomic E-state index is 8.06. The van der Waals surface area contributed by atoms with Gasteiger partial charge in [0.05, 0.1) is 0 Å². The number of hydrogen-bond acceptors (Lipinski definition) is 7. The zero-order valence-corrected chi connectivity index (χ0v) is 16.8. The van der Waals surface area contributed by atoms with Gasteiger partial charge in [-0.1, -0.05) is 0 Å². The van der Waals surface area contributed by atoms with Crippen LogP contribution < -0.4 is 0 Å². The van der Waals surface area contributed by atoms with E-state index < -0.39 is 8.60 Å². The molecule has 0 radical (unpaired) electrons. The fourth-order valence-electron chi connectivity index (χ4n) is 0. The van der Waals surface area contributed by atoms with Crippen molar-refractivity contribution in [3.63, 3.8) is 0 Å². The number of aliphatic hydroxyl groups is 4. The summed E-state index contributed by atoms with van der Waals surface area (Å²) >= 11 is 0. The number of aliphatic hydroxyl groups excluding tert-OH is 4. The van der Waals surface area contributed by atoms with E-state index >= 15 is 0 Å². The summed E-state index contributed by atoms with van der Waals surface area (Å²) in [7, 11) is -2.62. The molecule has 0 atom stereocenters. The average Bonchev–Trinajstić information content (AvgIpc) is 1.94. The van der Waals surface area contributed by atoms with Crippen molar-refractivity contribution in [2.75, 3.05) is 0 Å². The molecular weight excluding hydrogens is 335 g/mol. The molecule has 0 unspecified atom stereocenters. The standard InChI is InChI=1S/4C3H8O.H3O3P.Ti/c4*1-3(2)4;1-4(2)3;/h4*3-4H,1-2H3;1-3H;. The third kappa shape index (κ3) is 9940. The van der Waals surface area contributed by atoms with Crippen molar-refractivity contribution in [3.8, 4) is 0 Å². The van der Waals surface area contributed by atoms with Crippen LogP contribution in [0.4, 0.5) is 0 Å². The van der Waals surface area contributed by atoms with Crippen LogP contribution in [0.3, 0.4) is 0 Å². The zero-order valence-electron chi connectivity index (χ0n) is 14.4. The largest absolute Gasteiger partial charge is 0.394 e. The minimum absolute atomic E-state index is 0. The Hall–Kier alpha value is 0.864. The summed E-state index contributed by atoms with van der Waals surface area (Å²) < 4.78 is 0. The van der Waals surface area contributed by atoms with Crippen molar-refractivity contribution >= 4 is 8.60 Å². The first-order valence-electron chi connectivity index (χ1n) is 6.25. The van der Waals surface area contributed by atoms with Crippen LogP contribution >= 0.6 is 8.60 Å². The quantitative estimate of drug-likeness (QED) is 0.246. The second-order valence-electron chi connectivity index (χ2n) is 4.64. The van der Waals surface area contributed by atoms with E-state index in [1.165, 1.54) is 0 Å². The second kappa shape index (κ2) is 32.7. The molecule has 21 heavy (non-hydrogen) atoms. The molecule has 0 amide bonds. The van der Waals surface area contributed by atoms with Gasteiger partial charge in [-0.05, 0) is 55.4 Å². The van der Waals surface area contributed by atoms with Crippen molar-refractivity contribution in [1.82, 2.24) is 0 Å². The summed E-state index contributed by atoms with van der Waals surface area (Å²) in [5, 5.41) is 32.2. The van der Waals surface area contributed by atoms with Crippen molar-refractivity contribution in [2.24, 2.45) is 0 Å². The molecule has 0 rings (SSSR count). The molecule has 0 spiro atoms. The van der Waals surface area contributed by atoms with Crippen molar-refractivity contribution in [1.29, 1.82) is 0 Å². The number of rotatable bonds is 0. The molecule has 0 fully saturated rings. The molecule has 0 saturated heterocycles. The molecule has 134 valence electrons. The van der Waals surface area contributed by atoms with Gasteiger partial charge in [0.1, 0.15) is 0 Å². The Morgan fingerprint density at radius 2 is 0.476 bits per heavy atom. The van der Waals surface area contributed by atoms with Gasteiger partial charge >= 0.3 is 8.60 Å². The van der Waals surface area contributed by atoms with E-state index in [2.05, 4.69) is 0 Å². The van der Waals surface area contributed by atoms with Gasteiger partial charge in [-0.2, -0.15) is 0 Å². The second-order valence-corrected chi connectivity index (χ2v) is 5.18. The summed E-state index contributed by atoms with van der Waals surface area (Å²) in [5.41, 5.74) is 0. The third-order valence-electron chi connectivity index (χ3n) is 0. The van der Waals surface area contributed by atoms with Crippen LogP contribution in [-0.2, 0) is 21.7 Å². The van der Waals surface area contributed by atoms with E-state index in [1.807, 2.05) is 0 Å². The predicted octanol–water partition coefficient (Wildman–Crippen LogP) is 0.736. The van der Waals surface area contributed by atoms with Gasteiger partial charge in [0, 0.05) is 46.1 Å². The molecule has 0 aliphatic rings. The molecule has 0 aliphatic carbocycles. The molecule has 9 heteroatoms. The molecule has 7 nitrogen and oxygen atoms in total. The van der Waals surface area contributed by atoms with Gasteiger partial charge < -0.3 is 35.1 Å². The third-order valence-corrected chi connectivity index (χ3v) is 0. The summed E-state index contributed by atoms with van der Waals surface area (Å²) in [6.07, 6.45) is -0.667. The Morgan fingerprint density at radius 1 is 0.476 bits per heavy atom. The van der Waals surface area contributed by atoms with Crippen LogP contribution in [0.15, 0.2) is 0 Å². The van der Waals surface area contributed by atoms with Crippen molar-refractivity contribution in [2.45, 2.75) is 79.8 Å². The first-order valence-corrected chi connectivity index (χ1v) is 7.45. The Balaban J connectivity index is -0.0000000331. The molecule has 7 N–H and O–H groups in total. The van der Waals surface area contributed by atoms with E-state index in [-0.39, 0.29) is 46.1 Å². The SMILES string of the molecule is CC(C)O.CC(C)O.CC(C)O.CC(C)O.OP(O)O.[Ti]. The van der Waals surface area contributed by atoms with E-state index in [1.54, 1.807) is 55.4 Å². The maximum atomic E-state index is 8.06. The first-order chi connectivity index (χ1) is 8.66. The monoisotopic (exact) mass is 370 g/mol. The fourth-order valence-corrected chi connectivity index (χ4v) is 0. The van der Waals surface area contributed by atoms with Crippen LogP contribution in [0.1, 0.15) is 55.4 Å². The van der Waals surface area contributed by atoms with E-state index in [4.69, 9.17) is 35.1 Å². The Bertz CT molecular complexity index is 88.2. The molecule has 0 heterocycles. The predicted molar refractivity (Wildman–Crippen MR) is 83.0 cm³/mol. The normalized spacial score (nSPS) is 8.57. The van der Waals surface area contributed by atoms with Gasteiger partial charge in [-0.3, -0.25) is 0 Å². The van der Waals surface area contributed by atoms with Gasteiger partial charge in [-0.25, -0.2) is 0 Å². The summed E-state index contributed by atoms with van der Waals surface area (Å²) in [6.45, 7) is 13.8. The number of hydrogen-bond donors (Lipinski definition) is 7. The fraction of sp³-hybridized carbons (Fsp3) is 1.00. The van der Waals surface area contributed by atoms with Gasteiger partial charge in [0.15, 0.2) is 0 Å². The van der Waals surface area contributed by atoms with Crippen LogP contribution in [-0.4, -0.2) is 59.5 Å². The first kappa shape index (κ1) is 37.8. The zero-order chi connectivity index (χ0) is 17.9. The molecule has 0 aromatic carbocycles. The van der Waals surface area contributed by atoms with E-state index in [0.29, 0.717) is 0 Å². The average molecular weight is 370 g/mol. The van der Waals surface area contributed by atoms with Crippen LogP contribution in [0, 0.1) is 0 Å². The topological polar surface area (TPSA) is 142 Å². The van der Waals surface area contributed by atoms with Gasteiger partial charge in [0.2, 0.25) is 0 Å². The van der Waals surface area contributed by atoms with Crippen LogP contribution in [0.2, 0.25) is 0 Å². The Morgan fingerprint density at radius 3 is 0.476 bits per heavy atom. The van der Waals surface area contributed by atoms with Crippen molar-refractivity contribution < 1.29 is 56.8 Å². The summed E-state index contributed by atoms with van der Waals surface area (Å²) in [4.78, 5) is 21.7. The van der Waals surface area contributed by atoms with Gasteiger partial charge in [-0.15, -0.1) is 0 Å². The summed E-state index contributed by atoms with van der Waals surface area (Å²) in [6, 6.07) is 0.